The molecular formula is C27H32N4O3. The van der Waals surface area contributed by atoms with Gasteiger partial charge in [0.2, 0.25) is 0 Å². The van der Waals surface area contributed by atoms with Crippen molar-refractivity contribution in [2.24, 2.45) is 5.92 Å². The zero-order chi connectivity index (χ0) is 23.9. The topological polar surface area (TPSA) is 92.4 Å². The molecule has 0 aliphatic carbocycles. The highest BCUT2D eigenvalue weighted by Gasteiger charge is 2.23. The quantitative estimate of drug-likeness (QED) is 0.440. The number of aromatic nitrogens is 1. The molecule has 3 N–H and O–H groups in total. The van der Waals surface area contributed by atoms with E-state index in [4.69, 9.17) is 4.98 Å². The molecule has 1 fully saturated rings. The zero-order valence-electron chi connectivity index (χ0n) is 19.8. The molecule has 1 aliphatic heterocycles. The summed E-state index contributed by atoms with van der Waals surface area (Å²) in [5.74, 6) is -0.214. The summed E-state index contributed by atoms with van der Waals surface area (Å²) in [7, 11) is 1.29. The summed E-state index contributed by atoms with van der Waals surface area (Å²) in [5.41, 5.74) is 4.25. The molecule has 2 heterocycles. The van der Waals surface area contributed by atoms with Gasteiger partial charge in [-0.3, -0.25) is 9.59 Å². The smallest absolute Gasteiger partial charge is 0.325 e. The Hall–Kier alpha value is -3.45. The molecule has 1 aromatic heterocycles. The lowest BCUT2D eigenvalue weighted by Gasteiger charge is -2.32. The summed E-state index contributed by atoms with van der Waals surface area (Å²) in [4.78, 5) is 28.4. The van der Waals surface area contributed by atoms with Crippen LogP contribution in [0.5, 0.6) is 0 Å². The maximum Gasteiger partial charge on any atom is 0.325 e. The second kappa shape index (κ2) is 11.1. The number of pyridine rings is 1. The van der Waals surface area contributed by atoms with Crippen LogP contribution in [0.3, 0.4) is 0 Å². The Kier molecular flexibility index (Phi) is 7.75. The summed E-state index contributed by atoms with van der Waals surface area (Å²) >= 11 is 0. The van der Waals surface area contributed by atoms with E-state index < -0.39 is 5.97 Å². The van der Waals surface area contributed by atoms with Gasteiger partial charge in [0.05, 0.1) is 18.3 Å². The van der Waals surface area contributed by atoms with E-state index in [2.05, 4.69) is 39.7 Å². The Morgan fingerprint density at radius 1 is 1.18 bits per heavy atom. The van der Waals surface area contributed by atoms with Gasteiger partial charge in [0.15, 0.2) is 0 Å². The van der Waals surface area contributed by atoms with Crippen LogP contribution < -0.4 is 16.0 Å². The molecule has 1 aliphatic rings. The highest BCUT2D eigenvalue weighted by Crippen LogP contribution is 2.31. The van der Waals surface area contributed by atoms with Crippen LogP contribution in [0, 0.1) is 5.92 Å². The van der Waals surface area contributed by atoms with Crippen molar-refractivity contribution in [2.75, 3.05) is 32.1 Å². The molecule has 2 unspecified atom stereocenters. The van der Waals surface area contributed by atoms with Gasteiger partial charge in [0.1, 0.15) is 6.54 Å². The summed E-state index contributed by atoms with van der Waals surface area (Å²) in [6.45, 7) is 4.22. The van der Waals surface area contributed by atoms with Crippen LogP contribution in [-0.4, -0.2) is 49.6 Å². The average molecular weight is 461 g/mol. The van der Waals surface area contributed by atoms with Gasteiger partial charge in [0, 0.05) is 28.2 Å². The van der Waals surface area contributed by atoms with Crippen molar-refractivity contribution in [2.45, 2.75) is 32.2 Å². The number of esters is 1. The molecule has 2 aromatic carbocycles. The SMILES string of the molecule is CCC(Nc1cc(-c2ccc(C(=O)NCC(=O)OC)cc2)nc2ccccc12)C1CCCNC1. The number of fused-ring (bicyclic) bond motifs is 1. The number of hydrogen-bond donors (Lipinski definition) is 3. The standard InChI is InChI=1S/C27H32N4O3/c1-3-22(20-7-6-14-28-16-20)30-25-15-24(31-23-9-5-4-8-21(23)25)18-10-12-19(13-11-18)27(33)29-17-26(32)34-2/h4-5,8-13,15,20,22,28H,3,6-7,14,16-17H2,1-2H3,(H,29,33)(H,30,31). The normalized spacial score (nSPS) is 16.6. The Bertz CT molecular complexity index is 1140. The van der Waals surface area contributed by atoms with E-state index in [-0.39, 0.29) is 12.5 Å². The molecule has 1 amide bonds. The summed E-state index contributed by atoms with van der Waals surface area (Å²) in [6, 6.07) is 17.9. The number of anilines is 1. The van der Waals surface area contributed by atoms with Crippen molar-refractivity contribution in [1.82, 2.24) is 15.6 Å². The minimum absolute atomic E-state index is 0.159. The number of carbonyl (C=O) groups is 2. The van der Waals surface area contributed by atoms with Crippen LogP contribution in [-0.2, 0) is 9.53 Å². The number of rotatable bonds is 8. The fourth-order valence-electron chi connectivity index (χ4n) is 4.54. The third-order valence-electron chi connectivity index (χ3n) is 6.46. The lowest BCUT2D eigenvalue weighted by Crippen LogP contribution is -2.40. The van der Waals surface area contributed by atoms with Crippen molar-refractivity contribution in [3.8, 4) is 11.3 Å². The molecule has 0 spiro atoms. The third-order valence-corrected chi connectivity index (χ3v) is 6.46. The Morgan fingerprint density at radius 2 is 1.97 bits per heavy atom. The maximum atomic E-state index is 12.3. The summed E-state index contributed by atoms with van der Waals surface area (Å²) in [5, 5.41) is 11.0. The molecule has 0 saturated carbocycles. The van der Waals surface area contributed by atoms with E-state index in [1.165, 1.54) is 20.0 Å². The fraction of sp³-hybridized carbons (Fsp3) is 0.370. The fourth-order valence-corrected chi connectivity index (χ4v) is 4.54. The first-order valence-electron chi connectivity index (χ1n) is 11.9. The van der Waals surface area contributed by atoms with Crippen LogP contribution in [0.4, 0.5) is 5.69 Å². The number of methoxy groups -OCH3 is 1. The molecule has 0 bridgehead atoms. The van der Waals surface area contributed by atoms with Gasteiger partial charge in [-0.25, -0.2) is 4.98 Å². The van der Waals surface area contributed by atoms with Crippen molar-refractivity contribution in [3.05, 3.63) is 60.2 Å². The Labute approximate surface area is 200 Å². The van der Waals surface area contributed by atoms with E-state index in [1.54, 1.807) is 12.1 Å². The summed E-state index contributed by atoms with van der Waals surface area (Å²) < 4.78 is 4.56. The minimum atomic E-state index is -0.486. The maximum absolute atomic E-state index is 12.3. The molecule has 1 saturated heterocycles. The molecule has 34 heavy (non-hydrogen) atoms. The molecule has 7 heteroatoms. The average Bonchev–Trinajstić information content (AvgIpc) is 2.90. The molecule has 0 radical (unpaired) electrons. The lowest BCUT2D eigenvalue weighted by atomic mass is 9.90. The van der Waals surface area contributed by atoms with Crippen molar-refractivity contribution >= 4 is 28.5 Å². The van der Waals surface area contributed by atoms with E-state index in [9.17, 15) is 9.59 Å². The number of para-hydroxylation sites is 1. The highest BCUT2D eigenvalue weighted by atomic mass is 16.5. The first kappa shape index (κ1) is 23.7. The number of nitrogens with one attached hydrogen (secondary N) is 3. The van der Waals surface area contributed by atoms with E-state index in [0.717, 1.165) is 47.4 Å². The number of carbonyl (C=O) groups excluding carboxylic acids is 2. The predicted octanol–water partition coefficient (Wildman–Crippen LogP) is 3.99. The van der Waals surface area contributed by atoms with Crippen LogP contribution >= 0.6 is 0 Å². The van der Waals surface area contributed by atoms with Crippen molar-refractivity contribution in [3.63, 3.8) is 0 Å². The lowest BCUT2D eigenvalue weighted by molar-refractivity contribution is -0.139. The van der Waals surface area contributed by atoms with Gasteiger partial charge in [-0.05, 0) is 62.5 Å². The second-order valence-electron chi connectivity index (χ2n) is 8.67. The Morgan fingerprint density at radius 3 is 2.68 bits per heavy atom. The first-order valence-corrected chi connectivity index (χ1v) is 11.9. The zero-order valence-corrected chi connectivity index (χ0v) is 19.8. The van der Waals surface area contributed by atoms with E-state index >= 15 is 0 Å². The van der Waals surface area contributed by atoms with E-state index in [1.807, 2.05) is 30.3 Å². The second-order valence-corrected chi connectivity index (χ2v) is 8.67. The highest BCUT2D eigenvalue weighted by molar-refractivity contribution is 5.97. The van der Waals surface area contributed by atoms with Crippen molar-refractivity contribution < 1.29 is 14.3 Å². The molecule has 4 rings (SSSR count). The minimum Gasteiger partial charge on any atom is -0.468 e. The molecule has 3 aromatic rings. The van der Waals surface area contributed by atoms with Crippen LogP contribution in [0.2, 0.25) is 0 Å². The number of benzene rings is 2. The summed E-state index contributed by atoms with van der Waals surface area (Å²) in [6.07, 6.45) is 3.49. The van der Waals surface area contributed by atoms with Gasteiger partial charge < -0.3 is 20.7 Å². The molecule has 2 atom stereocenters. The largest absolute Gasteiger partial charge is 0.468 e. The first-order chi connectivity index (χ1) is 16.6. The van der Waals surface area contributed by atoms with Gasteiger partial charge in [0.25, 0.3) is 5.91 Å². The van der Waals surface area contributed by atoms with Gasteiger partial charge in [-0.15, -0.1) is 0 Å². The molecule has 7 nitrogen and oxygen atoms in total. The van der Waals surface area contributed by atoms with Crippen molar-refractivity contribution in [1.29, 1.82) is 0 Å². The number of amides is 1. The van der Waals surface area contributed by atoms with Gasteiger partial charge >= 0.3 is 5.97 Å². The Balaban J connectivity index is 1.59. The molecule has 178 valence electrons. The monoisotopic (exact) mass is 460 g/mol. The van der Waals surface area contributed by atoms with Gasteiger partial charge in [-0.1, -0.05) is 37.3 Å². The van der Waals surface area contributed by atoms with Crippen LogP contribution in [0.25, 0.3) is 22.2 Å². The number of nitrogens with zero attached hydrogens (tertiary/aromatic N) is 1. The van der Waals surface area contributed by atoms with Gasteiger partial charge in [-0.2, -0.15) is 0 Å². The predicted molar refractivity (Wildman–Crippen MR) is 135 cm³/mol. The van der Waals surface area contributed by atoms with E-state index in [0.29, 0.717) is 17.5 Å². The number of ether oxygens (including phenoxy) is 1. The number of hydrogen-bond acceptors (Lipinski definition) is 6. The number of piperidine rings is 1. The van der Waals surface area contributed by atoms with Crippen LogP contribution in [0.15, 0.2) is 54.6 Å². The third kappa shape index (κ3) is 5.54. The van der Waals surface area contributed by atoms with Crippen LogP contribution in [0.1, 0.15) is 36.5 Å². The molecular weight excluding hydrogens is 428 g/mol.